The lowest BCUT2D eigenvalue weighted by Crippen LogP contribution is -2.51. The van der Waals surface area contributed by atoms with Gasteiger partial charge >= 0.3 is 0 Å². The number of rotatable bonds is 18. The molecule has 4 nitrogen and oxygen atoms in total. The van der Waals surface area contributed by atoms with Gasteiger partial charge in [-0.05, 0) is 104 Å². The van der Waals surface area contributed by atoms with Crippen molar-refractivity contribution in [2.75, 3.05) is 52.4 Å². The second-order valence-corrected chi connectivity index (χ2v) is 11.0. The van der Waals surface area contributed by atoms with E-state index in [-0.39, 0.29) is 0 Å². The molecule has 0 radical (unpaired) electrons. The topological polar surface area (TPSA) is 30.5 Å². The Bertz CT molecular complexity index is 418. The number of hydrogen-bond donors (Lipinski definition) is 2. The van der Waals surface area contributed by atoms with Crippen LogP contribution in [0, 0.1) is 0 Å². The monoisotopic (exact) mass is 464 g/mol. The van der Waals surface area contributed by atoms with Crippen molar-refractivity contribution in [3.8, 4) is 0 Å². The van der Waals surface area contributed by atoms with Crippen molar-refractivity contribution in [3.63, 3.8) is 0 Å². The summed E-state index contributed by atoms with van der Waals surface area (Å²) in [4.78, 5) is 5.52. The molecule has 0 unspecified atom stereocenters. The maximum absolute atomic E-state index is 3.78. The second kappa shape index (κ2) is 16.5. The Balaban J connectivity index is 1.53. The molecule has 0 spiro atoms. The van der Waals surface area contributed by atoms with Crippen molar-refractivity contribution >= 4 is 0 Å². The molecule has 2 saturated carbocycles. The molecule has 0 amide bonds. The van der Waals surface area contributed by atoms with E-state index in [1.165, 1.54) is 149 Å². The van der Waals surface area contributed by atoms with Crippen LogP contribution in [0.1, 0.15) is 124 Å². The lowest BCUT2D eigenvalue weighted by Gasteiger charge is -2.46. The van der Waals surface area contributed by atoms with Gasteiger partial charge in [-0.15, -0.1) is 0 Å². The van der Waals surface area contributed by atoms with Crippen LogP contribution in [-0.4, -0.2) is 73.2 Å². The SMILES string of the molecule is CCN(CC)C1(CCNCCCCCNCCC2(N(CC)CC)CCCCC2)CCCCC1. The summed E-state index contributed by atoms with van der Waals surface area (Å²) in [5.74, 6) is 0. The zero-order chi connectivity index (χ0) is 23.8. The minimum atomic E-state index is 0.486. The van der Waals surface area contributed by atoms with Crippen LogP contribution in [0.15, 0.2) is 0 Å². The van der Waals surface area contributed by atoms with Crippen LogP contribution in [0.4, 0.5) is 0 Å². The first kappa shape index (κ1) is 29.1. The molecule has 4 heteroatoms. The first-order valence-corrected chi connectivity index (χ1v) is 15.1. The average Bonchev–Trinajstić information content (AvgIpc) is 2.85. The predicted molar refractivity (Wildman–Crippen MR) is 146 cm³/mol. The zero-order valence-electron chi connectivity index (χ0n) is 23.2. The molecular formula is C29H60N4. The molecule has 0 bridgehead atoms. The Morgan fingerprint density at radius 1 is 0.485 bits per heavy atom. The lowest BCUT2D eigenvalue weighted by molar-refractivity contribution is 0.0514. The highest BCUT2D eigenvalue weighted by atomic mass is 15.2. The third-order valence-corrected chi connectivity index (χ3v) is 9.18. The zero-order valence-corrected chi connectivity index (χ0v) is 23.2. The number of hydrogen-bond acceptors (Lipinski definition) is 4. The largest absolute Gasteiger partial charge is 0.317 e. The van der Waals surface area contributed by atoms with Crippen molar-refractivity contribution < 1.29 is 0 Å². The summed E-state index contributed by atoms with van der Waals surface area (Å²) in [5, 5.41) is 7.57. The van der Waals surface area contributed by atoms with Gasteiger partial charge in [0, 0.05) is 11.1 Å². The summed E-state index contributed by atoms with van der Waals surface area (Å²) in [5.41, 5.74) is 0.971. The van der Waals surface area contributed by atoms with E-state index in [4.69, 9.17) is 0 Å². The van der Waals surface area contributed by atoms with Crippen molar-refractivity contribution in [3.05, 3.63) is 0 Å². The van der Waals surface area contributed by atoms with Gasteiger partial charge in [-0.1, -0.05) is 72.6 Å². The Morgan fingerprint density at radius 3 is 1.18 bits per heavy atom. The standard InChI is InChI=1S/C29H60N4/c1-5-32(6-2)28(18-12-9-13-19-28)22-26-30-24-16-11-17-25-31-27-23-29(33(7-3)8-4)20-14-10-15-21-29/h30-31H,5-27H2,1-4H3. The molecule has 2 N–H and O–H groups in total. The number of unbranched alkanes of at least 4 members (excludes halogenated alkanes) is 2. The molecule has 0 saturated heterocycles. The lowest BCUT2D eigenvalue weighted by atomic mass is 9.77. The van der Waals surface area contributed by atoms with E-state index in [0.717, 1.165) is 0 Å². The molecule has 0 aromatic rings. The summed E-state index contributed by atoms with van der Waals surface area (Å²) in [7, 11) is 0. The minimum Gasteiger partial charge on any atom is -0.317 e. The van der Waals surface area contributed by atoms with Gasteiger partial charge in [0.25, 0.3) is 0 Å². The van der Waals surface area contributed by atoms with Gasteiger partial charge in [-0.25, -0.2) is 0 Å². The van der Waals surface area contributed by atoms with Gasteiger partial charge in [0.05, 0.1) is 0 Å². The van der Waals surface area contributed by atoms with Crippen molar-refractivity contribution in [2.24, 2.45) is 0 Å². The van der Waals surface area contributed by atoms with Crippen molar-refractivity contribution in [2.45, 2.75) is 135 Å². The van der Waals surface area contributed by atoms with Crippen LogP contribution < -0.4 is 10.6 Å². The molecular weight excluding hydrogens is 404 g/mol. The first-order chi connectivity index (χ1) is 16.2. The molecule has 33 heavy (non-hydrogen) atoms. The Hall–Kier alpha value is -0.160. The normalized spacial score (nSPS) is 20.5. The maximum Gasteiger partial charge on any atom is 0.0221 e. The van der Waals surface area contributed by atoms with Gasteiger partial charge in [-0.2, -0.15) is 0 Å². The Labute approximate surface area is 208 Å². The van der Waals surface area contributed by atoms with Crippen LogP contribution in [0.25, 0.3) is 0 Å². The minimum absolute atomic E-state index is 0.486. The Morgan fingerprint density at radius 2 is 0.848 bits per heavy atom. The van der Waals surface area contributed by atoms with E-state index in [9.17, 15) is 0 Å². The molecule has 2 fully saturated rings. The van der Waals surface area contributed by atoms with Crippen molar-refractivity contribution in [1.29, 1.82) is 0 Å². The molecule has 196 valence electrons. The molecule has 0 heterocycles. The summed E-state index contributed by atoms with van der Waals surface area (Å²) in [6.45, 7) is 19.0. The van der Waals surface area contributed by atoms with E-state index in [2.05, 4.69) is 48.1 Å². The summed E-state index contributed by atoms with van der Waals surface area (Å²) in [6.07, 6.45) is 20.9. The third kappa shape index (κ3) is 9.09. The third-order valence-electron chi connectivity index (χ3n) is 9.18. The average molecular weight is 465 g/mol. The smallest absolute Gasteiger partial charge is 0.0221 e. The second-order valence-electron chi connectivity index (χ2n) is 11.0. The highest BCUT2D eigenvalue weighted by Crippen LogP contribution is 2.37. The molecule has 2 aliphatic carbocycles. The fourth-order valence-corrected chi connectivity index (χ4v) is 7.23. The fourth-order valence-electron chi connectivity index (χ4n) is 7.23. The number of nitrogens with one attached hydrogen (secondary N) is 2. The Kier molecular flexibility index (Phi) is 14.5. The molecule has 0 aromatic heterocycles. The highest BCUT2D eigenvalue weighted by molar-refractivity contribution is 4.94. The quantitative estimate of drug-likeness (QED) is 0.236. The summed E-state index contributed by atoms with van der Waals surface area (Å²) in [6, 6.07) is 0. The molecule has 0 atom stereocenters. The highest BCUT2D eigenvalue weighted by Gasteiger charge is 2.36. The van der Waals surface area contributed by atoms with Crippen molar-refractivity contribution in [1.82, 2.24) is 20.4 Å². The maximum atomic E-state index is 3.78. The number of nitrogens with zero attached hydrogens (tertiary/aromatic N) is 2. The van der Waals surface area contributed by atoms with Gasteiger partial charge in [0.1, 0.15) is 0 Å². The molecule has 0 aliphatic heterocycles. The van der Waals surface area contributed by atoms with Crippen LogP contribution in [-0.2, 0) is 0 Å². The van der Waals surface area contributed by atoms with Gasteiger partial charge in [-0.3, -0.25) is 9.80 Å². The van der Waals surface area contributed by atoms with Crippen LogP contribution >= 0.6 is 0 Å². The van der Waals surface area contributed by atoms with Crippen LogP contribution in [0.2, 0.25) is 0 Å². The van der Waals surface area contributed by atoms with Crippen LogP contribution in [0.3, 0.4) is 0 Å². The van der Waals surface area contributed by atoms with Gasteiger partial charge in [0.2, 0.25) is 0 Å². The van der Waals surface area contributed by atoms with E-state index >= 15 is 0 Å². The van der Waals surface area contributed by atoms with E-state index < -0.39 is 0 Å². The van der Waals surface area contributed by atoms with Crippen LogP contribution in [0.5, 0.6) is 0 Å². The molecule has 2 aliphatic rings. The van der Waals surface area contributed by atoms with E-state index in [0.29, 0.717) is 11.1 Å². The molecule has 0 aromatic carbocycles. The summed E-state index contributed by atoms with van der Waals surface area (Å²) < 4.78 is 0. The first-order valence-electron chi connectivity index (χ1n) is 15.1. The fraction of sp³-hybridized carbons (Fsp3) is 1.00. The van der Waals surface area contributed by atoms with Gasteiger partial charge < -0.3 is 10.6 Å². The van der Waals surface area contributed by atoms with Gasteiger partial charge in [0.15, 0.2) is 0 Å². The molecule has 2 rings (SSSR count). The summed E-state index contributed by atoms with van der Waals surface area (Å²) >= 11 is 0. The predicted octanol–water partition coefficient (Wildman–Crippen LogP) is 6.21. The van der Waals surface area contributed by atoms with E-state index in [1.54, 1.807) is 0 Å². The van der Waals surface area contributed by atoms with E-state index in [1.807, 2.05) is 0 Å².